The van der Waals surface area contributed by atoms with Crippen molar-refractivity contribution in [1.29, 1.82) is 0 Å². The number of likely N-dealkylation sites (tertiary alicyclic amines) is 1. The molecule has 3 N–H and O–H groups in total. The number of ether oxygens (including phenoxy) is 3. The van der Waals surface area contributed by atoms with E-state index in [9.17, 15) is 38.7 Å². The van der Waals surface area contributed by atoms with E-state index in [1.807, 2.05) is 105 Å². The van der Waals surface area contributed by atoms with Crippen molar-refractivity contribution < 1.29 is 52.9 Å². The van der Waals surface area contributed by atoms with Gasteiger partial charge < -0.3 is 88.3 Å². The van der Waals surface area contributed by atoms with Crippen LogP contribution in [0.15, 0.2) is 147 Å². The van der Waals surface area contributed by atoms with Gasteiger partial charge in [-0.2, -0.15) is 29.9 Å². The Morgan fingerprint density at radius 2 is 0.767 bits per heavy atom. The number of piperidine rings is 1. The number of benzene rings is 6. The minimum Gasteiger partial charge on any atom is -0.508 e. The number of rotatable bonds is 24. The molecule has 129 heavy (non-hydrogen) atoms. The summed E-state index contributed by atoms with van der Waals surface area (Å²) in [7, 11) is -1.90. The molecule has 6 fully saturated rings. The van der Waals surface area contributed by atoms with Gasteiger partial charge in [-0.3, -0.25) is 28.3 Å². The Hall–Kier alpha value is -12.1. The molecule has 0 radical (unpaired) electrons. The van der Waals surface area contributed by atoms with Gasteiger partial charge in [0, 0.05) is 237 Å². The maximum Gasteiger partial charge on any atom is 0.318 e. The van der Waals surface area contributed by atoms with Crippen molar-refractivity contribution in [2.24, 2.45) is 0 Å². The fourth-order valence-electron chi connectivity index (χ4n) is 19.3. The van der Waals surface area contributed by atoms with E-state index in [0.29, 0.717) is 147 Å². The van der Waals surface area contributed by atoms with Gasteiger partial charge in [0.15, 0.2) is 0 Å². The molecule has 682 valence electrons. The number of fused-ring (bicyclic) bond motifs is 6. The fourth-order valence-corrected chi connectivity index (χ4v) is 20.6. The summed E-state index contributed by atoms with van der Waals surface area (Å²) in [5, 5.41) is 37.8. The van der Waals surface area contributed by atoms with Crippen LogP contribution in [-0.4, -0.2) is 314 Å². The molecule has 18 rings (SSSR count). The zero-order valence-corrected chi connectivity index (χ0v) is 75.6. The normalized spacial score (nSPS) is 18.3. The first-order valence-corrected chi connectivity index (χ1v) is 48.0. The van der Waals surface area contributed by atoms with Crippen LogP contribution in [0.1, 0.15) is 86.1 Å². The predicted molar refractivity (Wildman–Crippen MR) is 510 cm³/mol. The summed E-state index contributed by atoms with van der Waals surface area (Å²) < 4.78 is 30.9. The highest BCUT2D eigenvalue weighted by Gasteiger charge is 2.35. The van der Waals surface area contributed by atoms with Crippen molar-refractivity contribution in [1.82, 2.24) is 64.2 Å². The van der Waals surface area contributed by atoms with Crippen molar-refractivity contribution >= 4 is 106 Å². The number of aromatic hydroxyl groups is 3. The van der Waals surface area contributed by atoms with E-state index in [2.05, 4.69) is 87.9 Å². The molecule has 1 atom stereocenters. The topological polar surface area (TPSA) is 293 Å². The summed E-state index contributed by atoms with van der Waals surface area (Å²) in [6.45, 7) is 37.3. The van der Waals surface area contributed by atoms with E-state index in [1.54, 1.807) is 19.1 Å². The third-order valence-corrected chi connectivity index (χ3v) is 28.2. The highest BCUT2D eigenvalue weighted by molar-refractivity contribution is 8.00. The largest absolute Gasteiger partial charge is 0.508 e. The fraction of sp³-hybridized carbons (Fsp3) is 0.459. The van der Waals surface area contributed by atoms with Gasteiger partial charge in [-0.1, -0.05) is 99.0 Å². The van der Waals surface area contributed by atoms with E-state index >= 15 is 0 Å². The average molecular weight is 1780 g/mol. The third kappa shape index (κ3) is 22.1. The van der Waals surface area contributed by atoms with Gasteiger partial charge in [0.1, 0.15) is 40.8 Å². The first-order valence-electron chi connectivity index (χ1n) is 45.9. The monoisotopic (exact) mass is 1770 g/mol. The quantitative estimate of drug-likeness (QED) is 0.0288. The number of hydrogen-bond acceptors (Lipinski definition) is 26. The highest BCUT2D eigenvalue weighted by Crippen LogP contribution is 2.42. The summed E-state index contributed by atoms with van der Waals surface area (Å²) >= 11 is 0. The Bertz CT molecular complexity index is 5650. The number of aromatic nitrogens is 6. The van der Waals surface area contributed by atoms with E-state index in [-0.39, 0.29) is 47.0 Å². The Kier molecular flexibility index (Phi) is 29.1. The number of carbonyl (C=O) groups is 4. The van der Waals surface area contributed by atoms with Crippen LogP contribution in [-0.2, 0) is 67.6 Å². The predicted octanol–water partition coefficient (Wildman–Crippen LogP) is 9.58. The molecule has 9 aromatic rings. The number of phenols is 3. The summed E-state index contributed by atoms with van der Waals surface area (Å²) in [5.41, 5.74) is 9.13. The van der Waals surface area contributed by atoms with E-state index in [4.69, 9.17) is 44.1 Å². The van der Waals surface area contributed by atoms with Crippen LogP contribution in [0.25, 0.3) is 32.3 Å². The summed E-state index contributed by atoms with van der Waals surface area (Å²) in [5.74, 6) is 8.58. The summed E-state index contributed by atoms with van der Waals surface area (Å²) in [6.07, 6.45) is 13.1. The SMILES string of the molecule is C=CC(=O)N1CCN(c2nc(OCCCCN3CCCCC3)nc3c2CCN(c2cc(O)cc4ccccc24)C3)CC1.C=CC(=O)N1CCN(c2nc(OCCCN3CCS(=C)(=O)CC3)nc3c2CCN(c2cc(O)cc4ccccc24)C3)CC1.C=CC(=O)N1CCN(c2nc(O[C@H](C)CN3CCN(C(C)=O)CC3)nc3c2CCN(c2cc(O)cc4ccccc24)C3)CC1. The lowest BCUT2D eigenvalue weighted by Crippen LogP contribution is -2.50. The molecule has 30 nitrogen and oxygen atoms in total. The smallest absolute Gasteiger partial charge is 0.318 e. The van der Waals surface area contributed by atoms with Crippen molar-refractivity contribution in [3.63, 3.8) is 0 Å². The molecule has 6 aromatic carbocycles. The first-order chi connectivity index (χ1) is 62.7. The molecular weight excluding hydrogens is 1650 g/mol. The second-order valence-corrected chi connectivity index (χ2v) is 37.7. The minimum atomic E-state index is -1.90. The van der Waals surface area contributed by atoms with E-state index < -0.39 is 9.52 Å². The molecule has 6 saturated heterocycles. The number of amides is 4. The van der Waals surface area contributed by atoms with E-state index in [1.165, 1.54) is 50.6 Å². The lowest BCUT2D eigenvalue weighted by atomic mass is 10.0. The van der Waals surface area contributed by atoms with Gasteiger partial charge in [-0.15, -0.1) is 0 Å². The molecule has 0 unspecified atom stereocenters. The molecule has 12 heterocycles. The second-order valence-electron chi connectivity index (χ2n) is 35.0. The number of carbonyl (C=O) groups excluding carboxylic acids is 4. The number of hydrogen-bond donors (Lipinski definition) is 3. The summed E-state index contributed by atoms with van der Waals surface area (Å²) in [6, 6.07) is 36.4. The van der Waals surface area contributed by atoms with Crippen LogP contribution >= 0.6 is 0 Å². The number of phenolic OH excluding ortho intramolecular Hbond substituents is 3. The van der Waals surface area contributed by atoms with Gasteiger partial charge in [0.05, 0.1) is 49.9 Å². The maximum atomic E-state index is 12.2. The van der Waals surface area contributed by atoms with Gasteiger partial charge in [0.2, 0.25) is 23.6 Å². The first kappa shape index (κ1) is 90.3. The van der Waals surface area contributed by atoms with Crippen molar-refractivity contribution in [2.75, 3.05) is 224 Å². The molecular formula is C98H123N19O11S. The molecule has 4 amide bonds. The van der Waals surface area contributed by atoms with Gasteiger partial charge in [-0.05, 0) is 146 Å². The second kappa shape index (κ2) is 41.6. The molecule has 9 aliphatic rings. The van der Waals surface area contributed by atoms with Crippen LogP contribution in [0.4, 0.5) is 34.5 Å². The molecule has 0 spiro atoms. The van der Waals surface area contributed by atoms with Gasteiger partial charge in [0.25, 0.3) is 0 Å². The molecule has 0 aliphatic carbocycles. The zero-order valence-electron chi connectivity index (χ0n) is 74.7. The Balaban J connectivity index is 0.000000142. The summed E-state index contributed by atoms with van der Waals surface area (Å²) in [4.78, 5) is 106. The van der Waals surface area contributed by atoms with Gasteiger partial charge >= 0.3 is 18.0 Å². The standard InChI is InChI=1S/C33H41N7O4.C33H42N6O3.C32H40N6O4S/c1-4-31(43)38-15-17-39(18-16-38)32-28-9-10-40(30-20-26(42)19-25-7-5-6-8-27(25)30)22-29(28)34-33(35-32)44-23(2)21-36-11-13-37(14-12-36)24(3)41;1-2-31(41)37-17-19-38(20-18-37)32-28-12-16-39(30-23-26(40)22-25-10-4-5-11-27(25)30)24-29(28)34-33(35-32)42-21-9-8-15-36-13-6-3-7-14-36;1-3-30(40)36-12-14-37(15-13-36)31-27-9-11-38(29-22-25(39)21-24-7-4-5-8-26(24)29)23-28(27)33-32(34-31)42-18-6-10-35-16-19-43(2,41)20-17-35/h4-8,19-20,23,42H,1,9-18,21-22H2,2-3H3;2,4-5,10-11,22-23,40H,1,3,6-9,12-21,24H2;3-5,7-8,21-22,39H,1-2,6,9-20,23H2/t23-;;/m1../s1. The average Bonchev–Trinajstić information content (AvgIpc) is 0.773. The minimum absolute atomic E-state index is 0.0260. The number of unbranched alkanes of at least 4 members (excludes halogenated alkanes) is 1. The van der Waals surface area contributed by atoms with Crippen LogP contribution in [0.2, 0.25) is 0 Å². The molecule has 0 bridgehead atoms. The van der Waals surface area contributed by atoms with Crippen LogP contribution in [0, 0.1) is 0 Å². The van der Waals surface area contributed by atoms with Crippen LogP contribution < -0.4 is 43.6 Å². The van der Waals surface area contributed by atoms with Crippen molar-refractivity contribution in [3.05, 3.63) is 181 Å². The molecule has 31 heteroatoms. The van der Waals surface area contributed by atoms with Crippen molar-refractivity contribution in [2.45, 2.75) is 97.4 Å². The number of piperazine rings is 4. The van der Waals surface area contributed by atoms with Crippen molar-refractivity contribution in [3.8, 4) is 35.3 Å². The van der Waals surface area contributed by atoms with E-state index in [0.717, 1.165) is 211 Å². The lowest BCUT2D eigenvalue weighted by molar-refractivity contribution is -0.131. The Morgan fingerprint density at radius 1 is 0.411 bits per heavy atom. The maximum absolute atomic E-state index is 12.2. The van der Waals surface area contributed by atoms with Gasteiger partial charge in [-0.25, -0.2) is 0 Å². The number of nitrogens with zero attached hydrogens (tertiary/aromatic N) is 19. The Morgan fingerprint density at radius 3 is 1.16 bits per heavy atom. The molecule has 3 aromatic heterocycles. The zero-order chi connectivity index (χ0) is 89.7. The lowest BCUT2D eigenvalue weighted by Gasteiger charge is -2.38. The number of anilines is 6. The third-order valence-electron chi connectivity index (χ3n) is 26.4. The van der Waals surface area contributed by atoms with Crippen LogP contribution in [0.5, 0.6) is 35.3 Å². The molecule has 0 saturated carbocycles. The Labute approximate surface area is 756 Å². The van der Waals surface area contributed by atoms with Crippen LogP contribution in [0.3, 0.4) is 0 Å². The highest BCUT2D eigenvalue weighted by atomic mass is 32.2. The molecule has 9 aliphatic heterocycles.